The molecule has 2 aromatic rings. The lowest BCUT2D eigenvalue weighted by Gasteiger charge is -2.18. The van der Waals surface area contributed by atoms with Gasteiger partial charge in [0.25, 0.3) is 0 Å². The number of nitrogens with one attached hydrogen (secondary N) is 1. The van der Waals surface area contributed by atoms with Gasteiger partial charge in [0, 0.05) is 23.5 Å². The Bertz CT molecular complexity index is 669. The maximum atomic E-state index is 11.7. The molecule has 0 aliphatic carbocycles. The van der Waals surface area contributed by atoms with Crippen molar-refractivity contribution < 1.29 is 5.11 Å². The normalized spacial score (nSPS) is 11.3. The van der Waals surface area contributed by atoms with E-state index in [0.29, 0.717) is 23.1 Å². The summed E-state index contributed by atoms with van der Waals surface area (Å²) in [7, 11) is 0. The van der Waals surface area contributed by atoms with Crippen LogP contribution in [0.4, 0.5) is 0 Å². The highest BCUT2D eigenvalue weighted by Crippen LogP contribution is 2.30. The van der Waals surface area contributed by atoms with Gasteiger partial charge in [-0.3, -0.25) is 9.69 Å². The summed E-state index contributed by atoms with van der Waals surface area (Å²) >= 11 is 13.1. The zero-order valence-electron chi connectivity index (χ0n) is 11.5. The van der Waals surface area contributed by atoms with Crippen LogP contribution in [0.15, 0.2) is 23.0 Å². The maximum Gasteiger partial charge on any atom is 0.305 e. The summed E-state index contributed by atoms with van der Waals surface area (Å²) in [5.74, 6) is 0. The van der Waals surface area contributed by atoms with E-state index in [1.807, 2.05) is 13.0 Å². The van der Waals surface area contributed by atoms with Gasteiger partial charge in [0.15, 0.2) is 0 Å². The Kier molecular flexibility index (Phi) is 5.84. The highest BCUT2D eigenvalue weighted by Gasteiger charge is 2.14. The van der Waals surface area contributed by atoms with Crippen molar-refractivity contribution in [3.05, 3.63) is 42.8 Å². The van der Waals surface area contributed by atoms with E-state index >= 15 is 0 Å². The van der Waals surface area contributed by atoms with Crippen LogP contribution in [0.1, 0.15) is 11.8 Å². The monoisotopic (exact) mass is 346 g/mol. The van der Waals surface area contributed by atoms with E-state index in [0.717, 1.165) is 22.7 Å². The van der Waals surface area contributed by atoms with Crippen molar-refractivity contribution in [2.24, 2.45) is 0 Å². The van der Waals surface area contributed by atoms with Crippen LogP contribution in [-0.4, -0.2) is 34.7 Å². The molecule has 4 nitrogen and oxygen atoms in total. The molecule has 0 fully saturated rings. The van der Waals surface area contributed by atoms with Gasteiger partial charge in [0.1, 0.15) is 0 Å². The number of nitrogens with zero attached hydrogens (tertiary/aromatic N) is 1. The van der Waals surface area contributed by atoms with Crippen LogP contribution in [0.5, 0.6) is 0 Å². The number of aliphatic hydroxyl groups is 1. The first kappa shape index (κ1) is 16.5. The van der Waals surface area contributed by atoms with E-state index in [4.69, 9.17) is 28.3 Å². The molecule has 1 aromatic heterocycles. The Hall–Kier alpha value is -0.850. The number of hydrogen-bond donors (Lipinski definition) is 2. The third-order valence-corrected chi connectivity index (χ3v) is 4.77. The topological polar surface area (TPSA) is 56.3 Å². The van der Waals surface area contributed by atoms with Crippen molar-refractivity contribution in [1.29, 1.82) is 0 Å². The second-order valence-corrected chi connectivity index (χ2v) is 6.42. The Morgan fingerprint density at radius 3 is 2.71 bits per heavy atom. The summed E-state index contributed by atoms with van der Waals surface area (Å²) in [6, 6.07) is 5.29. The van der Waals surface area contributed by atoms with E-state index in [9.17, 15) is 4.79 Å². The molecule has 21 heavy (non-hydrogen) atoms. The molecule has 0 saturated carbocycles. The highest BCUT2D eigenvalue weighted by molar-refractivity contribution is 7.09. The lowest BCUT2D eigenvalue weighted by Crippen LogP contribution is -2.25. The van der Waals surface area contributed by atoms with Crippen molar-refractivity contribution >= 4 is 34.5 Å². The molecule has 0 atom stereocenters. The summed E-state index contributed by atoms with van der Waals surface area (Å²) in [5.41, 5.74) is 1.60. The van der Waals surface area contributed by atoms with E-state index in [2.05, 4.69) is 9.88 Å². The Balaban J connectivity index is 2.36. The third kappa shape index (κ3) is 4.08. The molecule has 0 aliphatic rings. The first-order chi connectivity index (χ1) is 10.0. The standard InChI is InChI=1S/C14H16Cl2N2O2S/c1-2-18(5-6-19)8-12-13(17-14(20)21-12)9-3-4-10(15)11(16)7-9/h3-4,7,19H,2,5-6,8H2,1H3,(H,17,20). The van der Waals surface area contributed by atoms with Crippen LogP contribution in [0.3, 0.4) is 0 Å². The smallest absolute Gasteiger partial charge is 0.305 e. The van der Waals surface area contributed by atoms with Crippen molar-refractivity contribution in [2.75, 3.05) is 19.7 Å². The minimum Gasteiger partial charge on any atom is -0.395 e. The molecule has 7 heteroatoms. The van der Waals surface area contributed by atoms with E-state index in [1.165, 1.54) is 11.3 Å². The fraction of sp³-hybridized carbons (Fsp3) is 0.357. The molecular weight excluding hydrogens is 331 g/mol. The summed E-state index contributed by atoms with van der Waals surface area (Å²) < 4.78 is 0. The van der Waals surface area contributed by atoms with E-state index in [1.54, 1.807) is 12.1 Å². The fourth-order valence-corrected chi connectivity index (χ4v) is 3.24. The van der Waals surface area contributed by atoms with Crippen LogP contribution >= 0.6 is 34.5 Å². The van der Waals surface area contributed by atoms with Crippen LogP contribution < -0.4 is 4.87 Å². The molecule has 1 heterocycles. The fourth-order valence-electron chi connectivity index (χ4n) is 2.05. The summed E-state index contributed by atoms with van der Waals surface area (Å²) in [5, 5.41) is 10.00. The van der Waals surface area contributed by atoms with Crippen LogP contribution in [0.2, 0.25) is 10.0 Å². The van der Waals surface area contributed by atoms with Crippen LogP contribution in [-0.2, 0) is 6.54 Å². The van der Waals surface area contributed by atoms with Gasteiger partial charge in [-0.2, -0.15) is 0 Å². The molecule has 0 bridgehead atoms. The minimum absolute atomic E-state index is 0.0925. The van der Waals surface area contributed by atoms with Gasteiger partial charge in [0.2, 0.25) is 0 Å². The quantitative estimate of drug-likeness (QED) is 0.844. The summed E-state index contributed by atoms with van der Waals surface area (Å²) in [6.45, 7) is 4.09. The van der Waals surface area contributed by atoms with Gasteiger partial charge in [-0.15, -0.1) is 0 Å². The first-order valence-electron chi connectivity index (χ1n) is 6.55. The van der Waals surface area contributed by atoms with Crippen molar-refractivity contribution in [2.45, 2.75) is 13.5 Å². The van der Waals surface area contributed by atoms with Crippen LogP contribution in [0.25, 0.3) is 11.3 Å². The molecule has 0 aliphatic heterocycles. The number of rotatable bonds is 6. The molecule has 0 spiro atoms. The van der Waals surface area contributed by atoms with Crippen molar-refractivity contribution in [3.63, 3.8) is 0 Å². The van der Waals surface area contributed by atoms with Gasteiger partial charge in [0.05, 0.1) is 22.3 Å². The number of hydrogen-bond acceptors (Lipinski definition) is 4. The van der Waals surface area contributed by atoms with Gasteiger partial charge < -0.3 is 10.1 Å². The number of likely N-dealkylation sites (N-methyl/N-ethyl adjacent to an activating group) is 1. The SMILES string of the molecule is CCN(CCO)Cc1sc(=O)[nH]c1-c1ccc(Cl)c(Cl)c1. The zero-order valence-corrected chi connectivity index (χ0v) is 13.9. The number of aromatic amines is 1. The number of aliphatic hydroxyl groups excluding tert-OH is 1. The van der Waals surface area contributed by atoms with Gasteiger partial charge in [-0.25, -0.2) is 0 Å². The molecular formula is C14H16Cl2N2O2S. The van der Waals surface area contributed by atoms with E-state index < -0.39 is 0 Å². The molecule has 0 radical (unpaired) electrons. The van der Waals surface area contributed by atoms with Gasteiger partial charge >= 0.3 is 4.87 Å². The van der Waals surface area contributed by atoms with Crippen LogP contribution in [0, 0.1) is 0 Å². The average molecular weight is 347 g/mol. The number of benzene rings is 1. The largest absolute Gasteiger partial charge is 0.395 e. The van der Waals surface area contributed by atoms with Crippen molar-refractivity contribution in [1.82, 2.24) is 9.88 Å². The lowest BCUT2D eigenvalue weighted by molar-refractivity contribution is 0.198. The van der Waals surface area contributed by atoms with E-state index in [-0.39, 0.29) is 11.5 Å². The maximum absolute atomic E-state index is 11.7. The van der Waals surface area contributed by atoms with Gasteiger partial charge in [-0.1, -0.05) is 47.5 Å². The summed E-state index contributed by atoms with van der Waals surface area (Å²) in [6.07, 6.45) is 0. The van der Waals surface area contributed by atoms with Gasteiger partial charge in [-0.05, 0) is 18.7 Å². The average Bonchev–Trinajstić information content (AvgIpc) is 2.82. The minimum atomic E-state index is -0.105. The molecule has 2 rings (SSSR count). The number of thiazole rings is 1. The molecule has 1 aromatic carbocycles. The molecule has 2 N–H and O–H groups in total. The second kappa shape index (κ2) is 7.42. The Morgan fingerprint density at radius 2 is 2.10 bits per heavy atom. The van der Waals surface area contributed by atoms with Crippen molar-refractivity contribution in [3.8, 4) is 11.3 Å². The lowest BCUT2D eigenvalue weighted by atomic mass is 10.1. The number of H-pyrrole nitrogens is 1. The zero-order chi connectivity index (χ0) is 15.4. The third-order valence-electron chi connectivity index (χ3n) is 3.16. The predicted molar refractivity (Wildman–Crippen MR) is 88.4 cm³/mol. The molecule has 114 valence electrons. The predicted octanol–water partition coefficient (Wildman–Crippen LogP) is 3.22. The Morgan fingerprint density at radius 1 is 1.33 bits per heavy atom. The molecule has 0 saturated heterocycles. The summed E-state index contributed by atoms with van der Waals surface area (Å²) in [4.78, 5) is 17.4. The first-order valence-corrected chi connectivity index (χ1v) is 8.13. The molecule has 0 amide bonds. The second-order valence-electron chi connectivity index (χ2n) is 4.53. The number of aromatic nitrogens is 1. The number of halogens is 2. The highest BCUT2D eigenvalue weighted by atomic mass is 35.5. The Labute approximate surface area is 136 Å². The molecule has 0 unspecified atom stereocenters.